The molecule has 0 fully saturated rings. The monoisotopic (exact) mass is 503 g/mol. The number of rotatable bonds is 11. The zero-order valence-electron chi connectivity index (χ0n) is 19.9. The van der Waals surface area contributed by atoms with Crippen molar-refractivity contribution in [1.29, 1.82) is 0 Å². The second kappa shape index (κ2) is 13.5. The maximum absolute atomic E-state index is 11.6. The summed E-state index contributed by atoms with van der Waals surface area (Å²) in [5, 5.41) is 21.6. The lowest BCUT2D eigenvalue weighted by Crippen LogP contribution is -2.44. The highest BCUT2D eigenvalue weighted by molar-refractivity contribution is 7.99. The van der Waals surface area contributed by atoms with Gasteiger partial charge in [0.25, 0.3) is 0 Å². The highest BCUT2D eigenvalue weighted by atomic mass is 32.2. The fraction of sp³-hybridized carbons (Fsp3) is 0.320. The average Bonchev–Trinajstić information content (AvgIpc) is 2.79. The molecular formula is C25H29NO8S. The number of aliphatic hydroxyl groups excluding tert-OH is 1. The van der Waals surface area contributed by atoms with E-state index >= 15 is 0 Å². The first kappa shape index (κ1) is 27.9. The summed E-state index contributed by atoms with van der Waals surface area (Å²) >= 11 is 1.40. The van der Waals surface area contributed by atoms with E-state index in [9.17, 15) is 24.6 Å². The number of esters is 2. The molecule has 0 spiro atoms. The molecule has 0 aliphatic rings. The zero-order valence-corrected chi connectivity index (χ0v) is 20.7. The van der Waals surface area contributed by atoms with Crippen molar-refractivity contribution >= 4 is 35.7 Å². The zero-order chi connectivity index (χ0) is 26.0. The average molecular weight is 504 g/mol. The predicted molar refractivity (Wildman–Crippen MR) is 132 cm³/mol. The second-order valence-electron chi connectivity index (χ2n) is 7.47. The maximum Gasteiger partial charge on any atom is 0.308 e. The summed E-state index contributed by atoms with van der Waals surface area (Å²) in [4.78, 5) is 34.4. The van der Waals surface area contributed by atoms with Crippen molar-refractivity contribution in [2.24, 2.45) is 0 Å². The molecule has 0 radical (unpaired) electrons. The van der Waals surface area contributed by atoms with Crippen LogP contribution in [0.5, 0.6) is 17.2 Å². The lowest BCUT2D eigenvalue weighted by atomic mass is 10.1. The predicted octanol–water partition coefficient (Wildman–Crippen LogP) is 2.85. The third-order valence-electron chi connectivity index (χ3n) is 4.59. The molecule has 0 heterocycles. The summed E-state index contributed by atoms with van der Waals surface area (Å²) in [6.07, 6.45) is 1.92. The van der Waals surface area contributed by atoms with Crippen LogP contribution in [-0.2, 0) is 14.4 Å². The number of carbonyl (C=O) groups is 3. The van der Waals surface area contributed by atoms with Gasteiger partial charge in [0.2, 0.25) is 5.91 Å². The van der Waals surface area contributed by atoms with Gasteiger partial charge in [0, 0.05) is 43.4 Å². The molecule has 2 aromatic rings. The van der Waals surface area contributed by atoms with Crippen LogP contribution in [0.1, 0.15) is 37.1 Å². The minimum Gasteiger partial charge on any atom is -0.496 e. The Bertz CT molecular complexity index is 1050. The van der Waals surface area contributed by atoms with E-state index < -0.39 is 24.3 Å². The molecule has 0 bridgehead atoms. The largest absolute Gasteiger partial charge is 0.496 e. The van der Waals surface area contributed by atoms with Crippen LogP contribution in [0.4, 0.5) is 0 Å². The summed E-state index contributed by atoms with van der Waals surface area (Å²) in [5.41, 5.74) is 1.50. The van der Waals surface area contributed by atoms with Gasteiger partial charge in [-0.2, -0.15) is 0 Å². The van der Waals surface area contributed by atoms with Crippen molar-refractivity contribution in [3.63, 3.8) is 0 Å². The SMILES string of the molecule is COc1cc(OC(C)=O)c(OC(C)=O)cc1/C=C/C(SCC(NC(C)=O)C(O)O)c1ccccc1. The van der Waals surface area contributed by atoms with Crippen LogP contribution in [0.15, 0.2) is 48.5 Å². The molecule has 0 aromatic heterocycles. The number of benzene rings is 2. The van der Waals surface area contributed by atoms with Crippen LogP contribution < -0.4 is 19.5 Å². The van der Waals surface area contributed by atoms with E-state index in [1.54, 1.807) is 6.08 Å². The molecule has 3 N–H and O–H groups in total. The minimum atomic E-state index is -1.72. The van der Waals surface area contributed by atoms with Crippen LogP contribution in [0, 0.1) is 0 Å². The lowest BCUT2D eigenvalue weighted by molar-refractivity contribution is -0.134. The smallest absolute Gasteiger partial charge is 0.308 e. The molecule has 0 aliphatic carbocycles. The number of aliphatic hydroxyl groups is 2. The van der Waals surface area contributed by atoms with Crippen molar-refractivity contribution < 1.29 is 38.8 Å². The molecular weight excluding hydrogens is 474 g/mol. The second-order valence-corrected chi connectivity index (χ2v) is 8.65. The van der Waals surface area contributed by atoms with E-state index in [2.05, 4.69) is 5.32 Å². The molecule has 2 unspecified atom stereocenters. The van der Waals surface area contributed by atoms with Gasteiger partial charge in [-0.15, -0.1) is 11.8 Å². The number of carbonyl (C=O) groups excluding carboxylic acids is 3. The summed E-state index contributed by atoms with van der Waals surface area (Å²) in [6.45, 7) is 3.78. The molecule has 2 atom stereocenters. The molecule has 1 amide bonds. The summed E-state index contributed by atoms with van der Waals surface area (Å²) in [6, 6.07) is 11.6. The van der Waals surface area contributed by atoms with Gasteiger partial charge in [-0.05, 0) is 11.6 Å². The van der Waals surface area contributed by atoms with Gasteiger partial charge in [-0.1, -0.05) is 42.5 Å². The molecule has 188 valence electrons. The number of thioether (sulfide) groups is 1. The molecule has 0 aliphatic heterocycles. The lowest BCUT2D eigenvalue weighted by Gasteiger charge is -2.22. The van der Waals surface area contributed by atoms with Crippen LogP contribution in [0.2, 0.25) is 0 Å². The number of hydrogen-bond donors (Lipinski definition) is 3. The van der Waals surface area contributed by atoms with Crippen molar-refractivity contribution in [2.75, 3.05) is 12.9 Å². The topological polar surface area (TPSA) is 131 Å². The van der Waals surface area contributed by atoms with Gasteiger partial charge in [0.15, 0.2) is 17.8 Å². The highest BCUT2D eigenvalue weighted by Crippen LogP contribution is 2.38. The number of nitrogens with one attached hydrogen (secondary N) is 1. The third kappa shape index (κ3) is 9.08. The number of ether oxygens (including phenoxy) is 3. The molecule has 0 saturated carbocycles. The Balaban J connectivity index is 2.41. The van der Waals surface area contributed by atoms with E-state index in [-0.39, 0.29) is 28.4 Å². The Kier molecular flexibility index (Phi) is 10.8. The number of methoxy groups -OCH3 is 1. The summed E-state index contributed by atoms with van der Waals surface area (Å²) in [7, 11) is 1.46. The van der Waals surface area contributed by atoms with E-state index in [1.165, 1.54) is 51.8 Å². The quantitative estimate of drug-likeness (QED) is 0.241. The van der Waals surface area contributed by atoms with Gasteiger partial charge >= 0.3 is 11.9 Å². The first-order valence-electron chi connectivity index (χ1n) is 10.7. The van der Waals surface area contributed by atoms with E-state index in [0.29, 0.717) is 11.3 Å². The first-order chi connectivity index (χ1) is 16.6. The summed E-state index contributed by atoms with van der Waals surface area (Å²) < 4.78 is 15.8. The van der Waals surface area contributed by atoms with Crippen molar-refractivity contribution in [1.82, 2.24) is 5.32 Å². The number of hydrogen-bond acceptors (Lipinski definition) is 9. The Morgan fingerprint density at radius 2 is 1.57 bits per heavy atom. The van der Waals surface area contributed by atoms with Gasteiger partial charge in [-0.3, -0.25) is 14.4 Å². The third-order valence-corrected chi connectivity index (χ3v) is 5.93. The van der Waals surface area contributed by atoms with E-state index in [4.69, 9.17) is 14.2 Å². The van der Waals surface area contributed by atoms with Crippen LogP contribution in [0.25, 0.3) is 6.08 Å². The Morgan fingerprint density at radius 1 is 0.971 bits per heavy atom. The van der Waals surface area contributed by atoms with E-state index in [1.807, 2.05) is 36.4 Å². The van der Waals surface area contributed by atoms with Crippen LogP contribution >= 0.6 is 11.8 Å². The van der Waals surface area contributed by atoms with Gasteiger partial charge in [0.1, 0.15) is 5.75 Å². The van der Waals surface area contributed by atoms with Gasteiger partial charge in [-0.25, -0.2) is 0 Å². The molecule has 2 aromatic carbocycles. The van der Waals surface area contributed by atoms with Crippen LogP contribution in [-0.4, -0.2) is 53.3 Å². The molecule has 10 heteroatoms. The molecule has 9 nitrogen and oxygen atoms in total. The Morgan fingerprint density at radius 3 is 2.09 bits per heavy atom. The minimum absolute atomic E-state index is 0.0470. The Labute approximate surface area is 208 Å². The summed E-state index contributed by atoms with van der Waals surface area (Å²) in [5.74, 6) is -0.815. The van der Waals surface area contributed by atoms with E-state index in [0.717, 1.165) is 5.56 Å². The molecule has 35 heavy (non-hydrogen) atoms. The van der Waals surface area contributed by atoms with Crippen molar-refractivity contribution in [3.8, 4) is 17.2 Å². The fourth-order valence-electron chi connectivity index (χ4n) is 3.10. The van der Waals surface area contributed by atoms with Crippen LogP contribution in [0.3, 0.4) is 0 Å². The normalized spacial score (nSPS) is 12.8. The van der Waals surface area contributed by atoms with Gasteiger partial charge < -0.3 is 29.7 Å². The van der Waals surface area contributed by atoms with Gasteiger partial charge in [0.05, 0.1) is 13.2 Å². The standard InChI is InChI=1S/C25H29NO8S/c1-15(27)26-20(25(30)31)14-35-24(18-8-6-5-7-9-18)11-10-19-12-22(33-16(2)28)23(34-17(3)29)13-21(19)32-4/h5-13,20,24-25,30-31H,14H2,1-4H3,(H,26,27)/b11-10+. The molecule has 2 rings (SSSR count). The maximum atomic E-state index is 11.6. The highest BCUT2D eigenvalue weighted by Gasteiger charge is 2.21. The first-order valence-corrected chi connectivity index (χ1v) is 11.7. The Hall–Kier alpha value is -3.34. The fourth-order valence-corrected chi connectivity index (χ4v) is 4.31. The number of amides is 1. The molecule has 0 saturated heterocycles. The van der Waals surface area contributed by atoms with Crippen molar-refractivity contribution in [3.05, 3.63) is 59.7 Å². The van der Waals surface area contributed by atoms with Crippen molar-refractivity contribution in [2.45, 2.75) is 38.4 Å².